The molecule has 6 heteroatoms. The average molecular weight is 299 g/mol. The van der Waals surface area contributed by atoms with E-state index in [9.17, 15) is 8.42 Å². The lowest BCUT2D eigenvalue weighted by atomic mass is 10.1. The molecule has 2 rings (SSSR count). The van der Waals surface area contributed by atoms with Gasteiger partial charge in [-0.15, -0.1) is 0 Å². The van der Waals surface area contributed by atoms with Crippen molar-refractivity contribution in [3.05, 3.63) is 29.8 Å². The van der Waals surface area contributed by atoms with E-state index in [2.05, 4.69) is 17.0 Å². The highest BCUT2D eigenvalue weighted by Crippen LogP contribution is 2.16. The normalized spacial score (nSPS) is 20.2. The van der Waals surface area contributed by atoms with Crippen molar-refractivity contribution in [3.8, 4) is 5.75 Å². The Morgan fingerprint density at radius 3 is 2.60 bits per heavy atom. The molecule has 1 saturated heterocycles. The lowest BCUT2D eigenvalue weighted by Gasteiger charge is -2.15. The van der Waals surface area contributed by atoms with E-state index in [4.69, 9.17) is 8.92 Å². The molecule has 0 radical (unpaired) electrons. The lowest BCUT2D eigenvalue weighted by Crippen LogP contribution is -2.26. The molecule has 1 atom stereocenters. The minimum Gasteiger partial charge on any atom is -0.497 e. The third kappa shape index (κ3) is 4.77. The fraction of sp³-hybridized carbons (Fsp3) is 0.571. The van der Waals surface area contributed by atoms with Gasteiger partial charge in [0.05, 0.1) is 19.5 Å². The van der Waals surface area contributed by atoms with Crippen molar-refractivity contribution in [1.29, 1.82) is 0 Å². The van der Waals surface area contributed by atoms with Crippen LogP contribution in [0.4, 0.5) is 0 Å². The van der Waals surface area contributed by atoms with Gasteiger partial charge in [-0.2, -0.15) is 8.42 Å². The fourth-order valence-electron chi connectivity index (χ4n) is 2.41. The molecule has 20 heavy (non-hydrogen) atoms. The zero-order valence-electron chi connectivity index (χ0n) is 11.9. The molecule has 1 heterocycles. The van der Waals surface area contributed by atoms with E-state index in [1.165, 1.54) is 5.56 Å². The Kier molecular flexibility index (Phi) is 5.01. The van der Waals surface area contributed by atoms with Crippen LogP contribution in [0.15, 0.2) is 24.3 Å². The van der Waals surface area contributed by atoms with Crippen LogP contribution in [-0.2, 0) is 20.7 Å². The molecule has 0 bridgehead atoms. The molecule has 1 aliphatic heterocycles. The van der Waals surface area contributed by atoms with Crippen molar-refractivity contribution >= 4 is 10.1 Å². The summed E-state index contributed by atoms with van der Waals surface area (Å²) in [4.78, 5) is 2.24. The maximum Gasteiger partial charge on any atom is 0.264 e. The first kappa shape index (κ1) is 15.3. The van der Waals surface area contributed by atoms with Gasteiger partial charge in [0.15, 0.2) is 0 Å². The maximum absolute atomic E-state index is 11.1. The lowest BCUT2D eigenvalue weighted by molar-refractivity contribution is 0.209. The number of benzene rings is 1. The number of nitrogens with zero attached hydrogens (tertiary/aromatic N) is 1. The van der Waals surface area contributed by atoms with Gasteiger partial charge in [-0.25, -0.2) is 0 Å². The Morgan fingerprint density at radius 2 is 2.00 bits per heavy atom. The van der Waals surface area contributed by atoms with Crippen LogP contribution in [0.1, 0.15) is 12.0 Å². The molecule has 1 aromatic carbocycles. The third-order valence-electron chi connectivity index (χ3n) is 3.42. The van der Waals surface area contributed by atoms with Gasteiger partial charge >= 0.3 is 0 Å². The van der Waals surface area contributed by atoms with E-state index >= 15 is 0 Å². The van der Waals surface area contributed by atoms with E-state index < -0.39 is 10.1 Å². The first-order chi connectivity index (χ1) is 9.46. The molecule has 1 aromatic rings. The molecule has 112 valence electrons. The third-order valence-corrected chi connectivity index (χ3v) is 4.04. The molecule has 0 saturated carbocycles. The predicted octanol–water partition coefficient (Wildman–Crippen LogP) is 1.29. The summed E-state index contributed by atoms with van der Waals surface area (Å²) in [6, 6.07) is 8.02. The predicted molar refractivity (Wildman–Crippen MR) is 77.5 cm³/mol. The topological polar surface area (TPSA) is 55.8 Å². The quantitative estimate of drug-likeness (QED) is 0.741. The highest BCUT2D eigenvalue weighted by molar-refractivity contribution is 7.86. The number of likely N-dealkylation sites (tertiary alicyclic amines) is 1. The zero-order valence-corrected chi connectivity index (χ0v) is 12.7. The van der Waals surface area contributed by atoms with Crippen molar-refractivity contribution in [2.24, 2.45) is 0 Å². The number of rotatable bonds is 6. The number of hydrogen-bond donors (Lipinski definition) is 0. The summed E-state index contributed by atoms with van der Waals surface area (Å²) < 4.78 is 32.3. The molecule has 0 N–H and O–H groups in total. The zero-order chi connectivity index (χ0) is 14.6. The number of hydrogen-bond acceptors (Lipinski definition) is 5. The smallest absolute Gasteiger partial charge is 0.264 e. The number of ether oxygens (including phenoxy) is 1. The van der Waals surface area contributed by atoms with Crippen molar-refractivity contribution in [3.63, 3.8) is 0 Å². The van der Waals surface area contributed by atoms with Gasteiger partial charge in [0.25, 0.3) is 10.1 Å². The maximum atomic E-state index is 11.1. The Labute approximate surface area is 120 Å². The second kappa shape index (κ2) is 6.56. The van der Waals surface area contributed by atoms with Crippen LogP contribution in [-0.4, -0.2) is 52.4 Å². The minimum absolute atomic E-state index is 0.194. The highest BCUT2D eigenvalue weighted by Gasteiger charge is 2.25. The van der Waals surface area contributed by atoms with E-state index in [0.29, 0.717) is 6.54 Å². The van der Waals surface area contributed by atoms with E-state index in [-0.39, 0.29) is 6.10 Å². The largest absolute Gasteiger partial charge is 0.497 e. The summed E-state index contributed by atoms with van der Waals surface area (Å²) in [6.07, 6.45) is 2.62. The van der Waals surface area contributed by atoms with Crippen LogP contribution in [0, 0.1) is 0 Å². The molecule has 1 fully saturated rings. The SMILES string of the molecule is COc1ccc(CCN2CC[C@H](OS(C)(=O)=O)C2)cc1. The molecule has 5 nitrogen and oxygen atoms in total. The van der Waals surface area contributed by atoms with Crippen LogP contribution in [0.2, 0.25) is 0 Å². The molecule has 1 aliphatic rings. The molecule has 0 spiro atoms. The summed E-state index contributed by atoms with van der Waals surface area (Å²) in [5.74, 6) is 0.858. The van der Waals surface area contributed by atoms with Gasteiger partial charge in [-0.1, -0.05) is 12.1 Å². The molecular formula is C14H21NO4S. The second-order valence-corrected chi connectivity index (χ2v) is 6.71. The summed E-state index contributed by atoms with van der Waals surface area (Å²) >= 11 is 0. The van der Waals surface area contributed by atoms with Crippen LogP contribution < -0.4 is 4.74 Å². The van der Waals surface area contributed by atoms with Crippen molar-refractivity contribution in [1.82, 2.24) is 4.90 Å². The monoisotopic (exact) mass is 299 g/mol. The van der Waals surface area contributed by atoms with E-state index in [1.807, 2.05) is 12.1 Å². The van der Waals surface area contributed by atoms with Crippen LogP contribution in [0.25, 0.3) is 0 Å². The van der Waals surface area contributed by atoms with Crippen LogP contribution in [0.5, 0.6) is 5.75 Å². The van der Waals surface area contributed by atoms with Gasteiger partial charge in [0.2, 0.25) is 0 Å². The van der Waals surface area contributed by atoms with E-state index in [0.717, 1.165) is 37.9 Å². The Bertz CT molecular complexity index is 527. The summed E-state index contributed by atoms with van der Waals surface area (Å²) in [7, 11) is -1.69. The molecule has 0 aromatic heterocycles. The number of methoxy groups -OCH3 is 1. The van der Waals surface area contributed by atoms with Gasteiger partial charge in [0.1, 0.15) is 5.75 Å². The van der Waals surface area contributed by atoms with Gasteiger partial charge in [-0.05, 0) is 30.5 Å². The van der Waals surface area contributed by atoms with Gasteiger partial charge in [-0.3, -0.25) is 4.18 Å². The van der Waals surface area contributed by atoms with Crippen molar-refractivity contribution < 1.29 is 17.3 Å². The van der Waals surface area contributed by atoms with Crippen molar-refractivity contribution in [2.45, 2.75) is 18.9 Å². The Hall–Kier alpha value is -1.11. The Balaban J connectivity index is 1.77. The standard InChI is InChI=1S/C14H21NO4S/c1-18-13-5-3-12(4-6-13)7-9-15-10-8-14(11-15)19-20(2,16)17/h3-6,14H,7-11H2,1-2H3/t14-/m0/s1. The summed E-state index contributed by atoms with van der Waals surface area (Å²) in [5, 5.41) is 0. The molecular weight excluding hydrogens is 278 g/mol. The van der Waals surface area contributed by atoms with Crippen LogP contribution >= 0.6 is 0 Å². The highest BCUT2D eigenvalue weighted by atomic mass is 32.2. The second-order valence-electron chi connectivity index (χ2n) is 5.11. The Morgan fingerprint density at radius 1 is 1.30 bits per heavy atom. The van der Waals surface area contributed by atoms with E-state index in [1.54, 1.807) is 7.11 Å². The first-order valence-corrected chi connectivity index (χ1v) is 8.51. The van der Waals surface area contributed by atoms with Gasteiger partial charge < -0.3 is 9.64 Å². The molecule has 0 amide bonds. The molecule has 0 aliphatic carbocycles. The van der Waals surface area contributed by atoms with Crippen LogP contribution in [0.3, 0.4) is 0 Å². The fourth-order valence-corrected chi connectivity index (χ4v) is 3.06. The molecule has 0 unspecified atom stereocenters. The van der Waals surface area contributed by atoms with Gasteiger partial charge in [0, 0.05) is 19.6 Å². The summed E-state index contributed by atoms with van der Waals surface area (Å²) in [5.41, 5.74) is 1.25. The average Bonchev–Trinajstić information content (AvgIpc) is 2.82. The minimum atomic E-state index is -3.35. The summed E-state index contributed by atoms with van der Waals surface area (Å²) in [6.45, 7) is 2.48. The van der Waals surface area contributed by atoms with Crippen molar-refractivity contribution in [2.75, 3.05) is 33.0 Å². The first-order valence-electron chi connectivity index (χ1n) is 6.70.